The lowest BCUT2D eigenvalue weighted by Gasteiger charge is -2.30. The van der Waals surface area contributed by atoms with Crippen molar-refractivity contribution in [2.24, 2.45) is 11.7 Å². The highest BCUT2D eigenvalue weighted by atomic mass is 32.1. The fraction of sp³-hybridized carbons (Fsp3) is 0.261. The van der Waals surface area contributed by atoms with Gasteiger partial charge >= 0.3 is 0 Å². The number of carbonyl (C=O) groups excluding carboxylic acids is 2. The average Bonchev–Trinajstić information content (AvgIpc) is 3.31. The Morgan fingerprint density at radius 3 is 2.53 bits per heavy atom. The van der Waals surface area contributed by atoms with Crippen LogP contribution in [-0.4, -0.2) is 39.2 Å². The normalized spacial score (nSPS) is 15.2. The number of fused-ring (bicyclic) bond motifs is 3. The van der Waals surface area contributed by atoms with E-state index >= 15 is 0 Å². The lowest BCUT2D eigenvalue weighted by Crippen LogP contribution is -2.41. The number of imidazole rings is 1. The van der Waals surface area contributed by atoms with Gasteiger partial charge < -0.3 is 10.6 Å². The molecule has 3 heterocycles. The van der Waals surface area contributed by atoms with Crippen molar-refractivity contribution in [2.75, 3.05) is 13.1 Å². The molecule has 0 saturated carbocycles. The molecule has 2 aromatic carbocycles. The van der Waals surface area contributed by atoms with Gasteiger partial charge in [0.2, 0.25) is 5.91 Å². The van der Waals surface area contributed by atoms with Crippen LogP contribution in [0, 0.1) is 12.8 Å². The second kappa shape index (κ2) is 7.25. The first kappa shape index (κ1) is 18.8. The summed E-state index contributed by atoms with van der Waals surface area (Å²) in [6.07, 6.45) is 3.32. The maximum Gasteiger partial charge on any atom is 0.253 e. The Balaban J connectivity index is 1.41. The van der Waals surface area contributed by atoms with Gasteiger partial charge in [-0.25, -0.2) is 4.98 Å². The van der Waals surface area contributed by atoms with Gasteiger partial charge in [-0.3, -0.25) is 14.0 Å². The summed E-state index contributed by atoms with van der Waals surface area (Å²) >= 11 is 1.58. The minimum absolute atomic E-state index is 0.00575. The summed E-state index contributed by atoms with van der Waals surface area (Å²) in [6.45, 7) is 3.21. The number of rotatable bonds is 3. The molecule has 2 N–H and O–H groups in total. The zero-order valence-corrected chi connectivity index (χ0v) is 17.5. The van der Waals surface area contributed by atoms with Crippen molar-refractivity contribution in [3.8, 4) is 11.3 Å². The molecule has 4 aromatic rings. The highest BCUT2D eigenvalue weighted by Gasteiger charge is 2.26. The summed E-state index contributed by atoms with van der Waals surface area (Å²) in [7, 11) is 0. The molecular weight excluding hydrogens is 396 g/mol. The van der Waals surface area contributed by atoms with Crippen molar-refractivity contribution in [3.05, 3.63) is 59.8 Å². The molecule has 0 unspecified atom stereocenters. The smallest absolute Gasteiger partial charge is 0.253 e. The zero-order valence-electron chi connectivity index (χ0n) is 16.7. The summed E-state index contributed by atoms with van der Waals surface area (Å²) < 4.78 is 3.12. The summed E-state index contributed by atoms with van der Waals surface area (Å²) in [6, 6.07) is 14.2. The third kappa shape index (κ3) is 3.25. The van der Waals surface area contributed by atoms with E-state index in [-0.39, 0.29) is 17.7 Å². The van der Waals surface area contributed by atoms with Gasteiger partial charge in [0, 0.05) is 36.3 Å². The van der Waals surface area contributed by atoms with Crippen LogP contribution in [0.15, 0.2) is 48.7 Å². The molecule has 0 spiro atoms. The molecule has 1 fully saturated rings. The standard InChI is InChI=1S/C23H22N4O2S/c1-14-2-4-15(5-3-14)18-13-27-19-7-6-17(12-20(19)30-23(27)25-18)22(29)26-10-8-16(9-11-26)21(24)28/h2-7,12-13,16H,8-11H2,1H3,(H2,24,28). The van der Waals surface area contributed by atoms with Gasteiger partial charge in [0.1, 0.15) is 0 Å². The molecule has 7 heteroatoms. The predicted octanol–water partition coefficient (Wildman–Crippen LogP) is 3.86. The molecule has 6 nitrogen and oxygen atoms in total. The molecule has 5 rings (SSSR count). The Morgan fingerprint density at radius 1 is 1.10 bits per heavy atom. The summed E-state index contributed by atoms with van der Waals surface area (Å²) in [5.74, 6) is -0.383. The molecule has 0 radical (unpaired) electrons. The van der Waals surface area contributed by atoms with Crippen LogP contribution in [-0.2, 0) is 4.79 Å². The Labute approximate surface area is 177 Å². The van der Waals surface area contributed by atoms with E-state index in [0.717, 1.165) is 26.4 Å². The van der Waals surface area contributed by atoms with Crippen LogP contribution >= 0.6 is 11.3 Å². The first-order valence-electron chi connectivity index (χ1n) is 10.1. The number of aromatic nitrogens is 2. The molecule has 2 aromatic heterocycles. The van der Waals surface area contributed by atoms with E-state index in [9.17, 15) is 9.59 Å². The number of primary amides is 1. The zero-order chi connectivity index (χ0) is 20.8. The predicted molar refractivity (Wildman–Crippen MR) is 119 cm³/mol. The fourth-order valence-corrected chi connectivity index (χ4v) is 5.09. The lowest BCUT2D eigenvalue weighted by atomic mass is 9.96. The summed E-state index contributed by atoms with van der Waals surface area (Å²) in [4.78, 5) is 31.8. The van der Waals surface area contributed by atoms with E-state index in [0.29, 0.717) is 31.5 Å². The van der Waals surface area contributed by atoms with Gasteiger partial charge in [0.05, 0.1) is 15.9 Å². The summed E-state index contributed by atoms with van der Waals surface area (Å²) in [5, 5.41) is 0. The second-order valence-electron chi connectivity index (χ2n) is 7.90. The number of amides is 2. The van der Waals surface area contributed by atoms with Gasteiger partial charge in [-0.1, -0.05) is 41.2 Å². The molecule has 0 atom stereocenters. The number of likely N-dealkylation sites (tertiary alicyclic amines) is 1. The average molecular weight is 419 g/mol. The second-order valence-corrected chi connectivity index (χ2v) is 8.91. The molecular formula is C23H22N4O2S. The van der Waals surface area contributed by atoms with Gasteiger partial charge in [-0.15, -0.1) is 0 Å². The van der Waals surface area contributed by atoms with Crippen LogP contribution in [0.1, 0.15) is 28.8 Å². The molecule has 1 aliphatic heterocycles. The van der Waals surface area contributed by atoms with Crippen LogP contribution in [0.3, 0.4) is 0 Å². The molecule has 2 amide bonds. The largest absolute Gasteiger partial charge is 0.369 e. The minimum atomic E-state index is -0.268. The van der Waals surface area contributed by atoms with Crippen LogP contribution in [0.25, 0.3) is 26.4 Å². The lowest BCUT2D eigenvalue weighted by molar-refractivity contribution is -0.123. The van der Waals surface area contributed by atoms with E-state index in [2.05, 4.69) is 41.8 Å². The number of hydrogen-bond acceptors (Lipinski definition) is 4. The van der Waals surface area contributed by atoms with E-state index < -0.39 is 0 Å². The molecule has 0 bridgehead atoms. The Kier molecular flexibility index (Phi) is 4.55. The Morgan fingerprint density at radius 2 is 1.83 bits per heavy atom. The number of thiazole rings is 1. The third-order valence-electron chi connectivity index (χ3n) is 5.87. The van der Waals surface area contributed by atoms with Crippen LogP contribution in [0.5, 0.6) is 0 Å². The van der Waals surface area contributed by atoms with Crippen molar-refractivity contribution < 1.29 is 9.59 Å². The Bertz CT molecular complexity index is 1260. The monoisotopic (exact) mass is 418 g/mol. The number of benzene rings is 2. The maximum absolute atomic E-state index is 12.9. The SMILES string of the molecule is Cc1ccc(-c2cn3c(n2)sc2cc(C(=O)N4CCC(C(N)=O)CC4)ccc23)cc1. The first-order chi connectivity index (χ1) is 14.5. The minimum Gasteiger partial charge on any atom is -0.369 e. The van der Waals surface area contributed by atoms with Crippen molar-refractivity contribution in [1.82, 2.24) is 14.3 Å². The number of piperidine rings is 1. The van der Waals surface area contributed by atoms with Crippen LogP contribution in [0.2, 0.25) is 0 Å². The summed E-state index contributed by atoms with van der Waals surface area (Å²) in [5.41, 5.74) is 10.4. The number of nitrogens with two attached hydrogens (primary N) is 1. The first-order valence-corrected chi connectivity index (χ1v) is 10.9. The number of hydrogen-bond donors (Lipinski definition) is 1. The molecule has 0 aliphatic carbocycles. The molecule has 1 saturated heterocycles. The third-order valence-corrected chi connectivity index (χ3v) is 6.89. The molecule has 152 valence electrons. The highest BCUT2D eigenvalue weighted by molar-refractivity contribution is 7.23. The van der Waals surface area contributed by atoms with Crippen molar-refractivity contribution in [2.45, 2.75) is 19.8 Å². The van der Waals surface area contributed by atoms with Crippen LogP contribution in [0.4, 0.5) is 0 Å². The van der Waals surface area contributed by atoms with E-state index in [1.807, 2.05) is 23.1 Å². The van der Waals surface area contributed by atoms with Gasteiger partial charge in [0.15, 0.2) is 4.96 Å². The van der Waals surface area contributed by atoms with Crippen molar-refractivity contribution in [1.29, 1.82) is 0 Å². The quantitative estimate of drug-likeness (QED) is 0.549. The van der Waals surface area contributed by atoms with Gasteiger partial charge in [-0.05, 0) is 38.0 Å². The topological polar surface area (TPSA) is 80.7 Å². The highest BCUT2D eigenvalue weighted by Crippen LogP contribution is 2.31. The van der Waals surface area contributed by atoms with Gasteiger partial charge in [-0.2, -0.15) is 0 Å². The molecule has 1 aliphatic rings. The number of aryl methyl sites for hydroxylation is 1. The van der Waals surface area contributed by atoms with E-state index in [4.69, 9.17) is 10.7 Å². The number of nitrogens with zero attached hydrogens (tertiary/aromatic N) is 3. The van der Waals surface area contributed by atoms with E-state index in [1.54, 1.807) is 11.3 Å². The van der Waals surface area contributed by atoms with Crippen molar-refractivity contribution >= 4 is 38.3 Å². The Hall–Kier alpha value is -3.19. The van der Waals surface area contributed by atoms with Crippen molar-refractivity contribution in [3.63, 3.8) is 0 Å². The van der Waals surface area contributed by atoms with Crippen LogP contribution < -0.4 is 5.73 Å². The maximum atomic E-state index is 12.9. The van der Waals surface area contributed by atoms with Gasteiger partial charge in [0.25, 0.3) is 5.91 Å². The molecule has 30 heavy (non-hydrogen) atoms. The number of carbonyl (C=O) groups is 2. The van der Waals surface area contributed by atoms with E-state index in [1.165, 1.54) is 5.56 Å². The fourth-order valence-electron chi connectivity index (χ4n) is 4.05.